The molecule has 3 aromatic carbocycles. The first kappa shape index (κ1) is 22.0. The van der Waals surface area contributed by atoms with Crippen molar-refractivity contribution in [2.24, 2.45) is 0 Å². The molecule has 1 heterocycles. The van der Waals surface area contributed by atoms with E-state index < -0.39 is 17.5 Å². The smallest absolute Gasteiger partial charge is 0.349 e. The SMILES string of the molecule is CCCCNC(=O)c1cc2ccc(OC(=O)c3ccc(-c4ccccc4)cc3)cc2oc1=O. The van der Waals surface area contributed by atoms with Crippen LogP contribution in [-0.4, -0.2) is 18.4 Å². The van der Waals surface area contributed by atoms with Crippen LogP contribution in [0.1, 0.15) is 40.5 Å². The maximum atomic E-state index is 12.6. The Morgan fingerprint density at radius 1 is 0.909 bits per heavy atom. The number of esters is 1. The van der Waals surface area contributed by atoms with Gasteiger partial charge in [0.2, 0.25) is 0 Å². The van der Waals surface area contributed by atoms with Gasteiger partial charge in [0.05, 0.1) is 5.56 Å². The fraction of sp³-hybridized carbons (Fsp3) is 0.148. The molecule has 0 saturated heterocycles. The highest BCUT2D eigenvalue weighted by molar-refractivity contribution is 5.97. The largest absolute Gasteiger partial charge is 0.423 e. The molecule has 0 fully saturated rings. The third kappa shape index (κ3) is 5.18. The highest BCUT2D eigenvalue weighted by Gasteiger charge is 2.15. The van der Waals surface area contributed by atoms with Gasteiger partial charge in [0, 0.05) is 18.0 Å². The number of hydrogen-bond donors (Lipinski definition) is 1. The number of rotatable bonds is 7. The summed E-state index contributed by atoms with van der Waals surface area (Å²) in [7, 11) is 0. The molecule has 0 radical (unpaired) electrons. The molecule has 0 aliphatic carbocycles. The van der Waals surface area contributed by atoms with E-state index in [9.17, 15) is 14.4 Å². The standard InChI is InChI=1S/C27H23NO5/c1-2-3-15-28-25(29)23-16-21-13-14-22(17-24(21)33-27(23)31)32-26(30)20-11-9-19(10-12-20)18-7-5-4-6-8-18/h4-14,16-17H,2-3,15H2,1H3,(H,28,29). The van der Waals surface area contributed by atoms with Gasteiger partial charge >= 0.3 is 11.6 Å². The van der Waals surface area contributed by atoms with Gasteiger partial charge in [-0.25, -0.2) is 9.59 Å². The molecule has 4 aromatic rings. The van der Waals surface area contributed by atoms with Crippen molar-refractivity contribution in [2.45, 2.75) is 19.8 Å². The second-order valence-electron chi connectivity index (χ2n) is 7.59. The fourth-order valence-electron chi connectivity index (χ4n) is 3.38. The minimum Gasteiger partial charge on any atom is -0.423 e. The maximum absolute atomic E-state index is 12.6. The van der Waals surface area contributed by atoms with Gasteiger partial charge < -0.3 is 14.5 Å². The van der Waals surface area contributed by atoms with Gasteiger partial charge in [0.25, 0.3) is 5.91 Å². The lowest BCUT2D eigenvalue weighted by atomic mass is 10.0. The van der Waals surface area contributed by atoms with E-state index in [0.717, 1.165) is 24.0 Å². The molecular formula is C27H23NO5. The Bertz CT molecular complexity index is 1340. The van der Waals surface area contributed by atoms with Crippen molar-refractivity contribution < 1.29 is 18.7 Å². The third-order valence-electron chi connectivity index (χ3n) is 5.21. The first-order valence-corrected chi connectivity index (χ1v) is 10.8. The lowest BCUT2D eigenvalue weighted by Crippen LogP contribution is -2.28. The minimum absolute atomic E-state index is 0.0538. The summed E-state index contributed by atoms with van der Waals surface area (Å²) in [6, 6.07) is 23.2. The molecule has 0 unspecified atom stereocenters. The zero-order valence-corrected chi connectivity index (χ0v) is 18.2. The van der Waals surface area contributed by atoms with Crippen molar-refractivity contribution in [1.82, 2.24) is 5.32 Å². The van der Waals surface area contributed by atoms with Crippen LogP contribution in [0.25, 0.3) is 22.1 Å². The number of carbonyl (C=O) groups excluding carboxylic acids is 2. The maximum Gasteiger partial charge on any atom is 0.349 e. The summed E-state index contributed by atoms with van der Waals surface area (Å²) < 4.78 is 10.8. The second kappa shape index (κ2) is 9.96. The van der Waals surface area contributed by atoms with Gasteiger partial charge in [-0.05, 0) is 47.9 Å². The van der Waals surface area contributed by atoms with E-state index in [1.54, 1.807) is 24.3 Å². The van der Waals surface area contributed by atoms with Crippen molar-refractivity contribution in [2.75, 3.05) is 6.54 Å². The average Bonchev–Trinajstić information content (AvgIpc) is 2.84. The first-order valence-electron chi connectivity index (χ1n) is 10.8. The van der Waals surface area contributed by atoms with Crippen LogP contribution in [0.4, 0.5) is 0 Å². The molecule has 0 spiro atoms. The number of benzene rings is 3. The van der Waals surface area contributed by atoms with Crippen molar-refractivity contribution >= 4 is 22.8 Å². The Morgan fingerprint density at radius 3 is 2.36 bits per heavy atom. The molecule has 166 valence electrons. The van der Waals surface area contributed by atoms with Gasteiger partial charge in [-0.2, -0.15) is 0 Å². The van der Waals surface area contributed by atoms with Crippen LogP contribution in [-0.2, 0) is 0 Å². The molecule has 33 heavy (non-hydrogen) atoms. The van der Waals surface area contributed by atoms with Gasteiger partial charge in [-0.15, -0.1) is 0 Å². The van der Waals surface area contributed by atoms with Crippen molar-refractivity contribution in [3.05, 3.63) is 100 Å². The fourth-order valence-corrected chi connectivity index (χ4v) is 3.38. The molecule has 0 saturated carbocycles. The van der Waals surface area contributed by atoms with E-state index in [-0.39, 0.29) is 16.9 Å². The number of nitrogens with one attached hydrogen (secondary N) is 1. The van der Waals surface area contributed by atoms with Crippen molar-refractivity contribution in [3.8, 4) is 16.9 Å². The Hall–Kier alpha value is -4.19. The van der Waals surface area contributed by atoms with Crippen LogP contribution in [0.3, 0.4) is 0 Å². The molecule has 0 atom stereocenters. The van der Waals surface area contributed by atoms with Gasteiger partial charge in [-0.1, -0.05) is 55.8 Å². The van der Waals surface area contributed by atoms with Crippen LogP contribution >= 0.6 is 0 Å². The van der Waals surface area contributed by atoms with Crippen LogP contribution in [0.5, 0.6) is 5.75 Å². The Labute approximate surface area is 190 Å². The summed E-state index contributed by atoms with van der Waals surface area (Å²) in [4.78, 5) is 37.1. The van der Waals surface area contributed by atoms with E-state index in [4.69, 9.17) is 9.15 Å². The number of ether oxygens (including phenoxy) is 1. The van der Waals surface area contributed by atoms with Crippen LogP contribution < -0.4 is 15.7 Å². The summed E-state index contributed by atoms with van der Waals surface area (Å²) in [5.74, 6) is -0.750. The predicted octanol–water partition coefficient (Wildman–Crippen LogP) is 5.21. The van der Waals surface area contributed by atoms with E-state index in [1.165, 1.54) is 12.1 Å². The van der Waals surface area contributed by atoms with Crippen molar-refractivity contribution in [3.63, 3.8) is 0 Å². The molecule has 6 heteroatoms. The normalized spacial score (nSPS) is 10.7. The quantitative estimate of drug-likeness (QED) is 0.184. The molecule has 6 nitrogen and oxygen atoms in total. The molecule has 0 aliphatic heterocycles. The van der Waals surface area contributed by atoms with Crippen LogP contribution in [0.2, 0.25) is 0 Å². The summed E-state index contributed by atoms with van der Waals surface area (Å²) in [6.07, 6.45) is 1.76. The Balaban J connectivity index is 1.49. The summed E-state index contributed by atoms with van der Waals surface area (Å²) in [6.45, 7) is 2.51. The zero-order chi connectivity index (χ0) is 23.2. The lowest BCUT2D eigenvalue weighted by molar-refractivity contribution is 0.0734. The van der Waals surface area contributed by atoms with E-state index in [0.29, 0.717) is 17.5 Å². The molecule has 1 aromatic heterocycles. The number of amides is 1. The Morgan fingerprint density at radius 2 is 1.64 bits per heavy atom. The van der Waals surface area contributed by atoms with Gasteiger partial charge in [-0.3, -0.25) is 4.79 Å². The lowest BCUT2D eigenvalue weighted by Gasteiger charge is -2.07. The van der Waals surface area contributed by atoms with E-state index in [1.807, 2.05) is 49.4 Å². The van der Waals surface area contributed by atoms with E-state index >= 15 is 0 Å². The summed E-state index contributed by atoms with van der Waals surface area (Å²) in [5, 5.41) is 3.26. The molecular weight excluding hydrogens is 418 g/mol. The first-order chi connectivity index (χ1) is 16.0. The third-order valence-corrected chi connectivity index (χ3v) is 5.21. The van der Waals surface area contributed by atoms with Crippen LogP contribution in [0.15, 0.2) is 88.1 Å². The molecule has 1 amide bonds. The molecule has 0 bridgehead atoms. The number of carbonyl (C=O) groups is 2. The van der Waals surface area contributed by atoms with E-state index in [2.05, 4.69) is 5.32 Å². The zero-order valence-electron chi connectivity index (χ0n) is 18.2. The molecule has 0 aliphatic rings. The summed E-state index contributed by atoms with van der Waals surface area (Å²) in [5.41, 5.74) is 1.89. The molecule has 1 N–H and O–H groups in total. The highest BCUT2D eigenvalue weighted by Crippen LogP contribution is 2.23. The monoisotopic (exact) mass is 441 g/mol. The minimum atomic E-state index is -0.739. The number of unbranched alkanes of at least 4 members (excludes halogenated alkanes) is 1. The van der Waals surface area contributed by atoms with Crippen molar-refractivity contribution in [1.29, 1.82) is 0 Å². The average molecular weight is 441 g/mol. The number of hydrogen-bond acceptors (Lipinski definition) is 5. The molecule has 4 rings (SSSR count). The summed E-state index contributed by atoms with van der Waals surface area (Å²) >= 11 is 0. The second-order valence-corrected chi connectivity index (χ2v) is 7.59. The predicted molar refractivity (Wildman–Crippen MR) is 127 cm³/mol. The topological polar surface area (TPSA) is 85.6 Å². The van der Waals surface area contributed by atoms with Gasteiger partial charge in [0.15, 0.2) is 0 Å². The van der Waals surface area contributed by atoms with Crippen LogP contribution in [0, 0.1) is 0 Å². The highest BCUT2D eigenvalue weighted by atomic mass is 16.5. The number of fused-ring (bicyclic) bond motifs is 1. The Kier molecular flexibility index (Phi) is 6.64. The van der Waals surface area contributed by atoms with Gasteiger partial charge in [0.1, 0.15) is 16.9 Å².